The Balaban J connectivity index is 0.000000106. The summed E-state index contributed by atoms with van der Waals surface area (Å²) in [5, 5.41) is 75.7. The molecule has 12 heterocycles. The van der Waals surface area contributed by atoms with Gasteiger partial charge in [-0.2, -0.15) is 20.4 Å². The van der Waals surface area contributed by atoms with Crippen LogP contribution in [-0.2, 0) is 57.4 Å². The molecule has 0 unspecified atom stereocenters. The Bertz CT molecular complexity index is 6940. The summed E-state index contributed by atoms with van der Waals surface area (Å²) in [5.74, 6) is -2.99. The number of carbonyl (C=O) groups is 4. The van der Waals surface area contributed by atoms with Gasteiger partial charge in [0.1, 0.15) is 23.3 Å². The van der Waals surface area contributed by atoms with E-state index in [0.717, 1.165) is 214 Å². The number of H-pyrrole nitrogens is 4. The first-order valence-corrected chi connectivity index (χ1v) is 49.5. The zero-order valence-electron chi connectivity index (χ0n) is 75.4. The van der Waals surface area contributed by atoms with Crippen LogP contribution in [0.15, 0.2) is 146 Å². The van der Waals surface area contributed by atoms with E-state index in [1.807, 2.05) is 6.20 Å². The van der Waals surface area contributed by atoms with Crippen LogP contribution in [0.2, 0.25) is 20.1 Å². The van der Waals surface area contributed by atoms with Crippen molar-refractivity contribution in [2.75, 3.05) is 52.9 Å². The summed E-state index contributed by atoms with van der Waals surface area (Å²) in [6.07, 6.45) is 24.7. The predicted molar refractivity (Wildman–Crippen MR) is 520 cm³/mol. The number of fused-ring (bicyclic) bond motifs is 8. The van der Waals surface area contributed by atoms with Crippen molar-refractivity contribution < 1.29 is 76.1 Å². The molecule has 138 heavy (non-hydrogen) atoms. The molecule has 5 saturated carbocycles. The van der Waals surface area contributed by atoms with Gasteiger partial charge in [-0.1, -0.05) is 46.4 Å². The summed E-state index contributed by atoms with van der Waals surface area (Å²) >= 11 is 24.9. The Morgan fingerprint density at radius 3 is 0.855 bits per heavy atom. The highest BCUT2D eigenvalue weighted by atomic mass is 35.5. The van der Waals surface area contributed by atoms with Gasteiger partial charge in [0.15, 0.2) is 0 Å². The second-order valence-corrected chi connectivity index (χ2v) is 41.4. The number of benzene rings is 8. The molecule has 0 bridgehead atoms. The number of aromatic amines is 4. The molecule has 1 spiro atoms. The van der Waals surface area contributed by atoms with E-state index in [1.54, 1.807) is 67.1 Å². The summed E-state index contributed by atoms with van der Waals surface area (Å²) in [5.41, 5.74) is 21.5. The molecule has 714 valence electrons. The van der Waals surface area contributed by atoms with Gasteiger partial charge in [0.05, 0.1) is 113 Å². The van der Waals surface area contributed by atoms with Crippen LogP contribution in [0.1, 0.15) is 190 Å². The molecule has 0 amide bonds. The van der Waals surface area contributed by atoms with Crippen molar-refractivity contribution in [3.05, 3.63) is 235 Å². The molecule has 32 heteroatoms. The van der Waals surface area contributed by atoms with E-state index in [-0.39, 0.29) is 66.9 Å². The number of aliphatic carboxylic acids is 4. The molecule has 4 saturated heterocycles. The monoisotopic (exact) mass is 1950 g/mol. The Kier molecular flexibility index (Phi) is 24.9. The van der Waals surface area contributed by atoms with E-state index in [4.69, 9.17) is 65.4 Å². The number of hydrogen-bond acceptors (Lipinski definition) is 12. The third-order valence-corrected chi connectivity index (χ3v) is 32.6. The molecule has 25 rings (SSSR count). The van der Waals surface area contributed by atoms with Gasteiger partial charge in [-0.25, -0.2) is 17.6 Å². The smallest absolute Gasteiger partial charge is 0.306 e. The maximum atomic E-state index is 14.2. The minimum Gasteiger partial charge on any atom is -0.481 e. The zero-order chi connectivity index (χ0) is 94.8. The van der Waals surface area contributed by atoms with Crippen LogP contribution in [-0.4, -0.2) is 156 Å². The summed E-state index contributed by atoms with van der Waals surface area (Å²) in [4.78, 5) is 45.6. The number of nitrogens with one attached hydrogen (secondary N) is 4. The van der Waals surface area contributed by atoms with Crippen LogP contribution in [0, 0.1) is 70.1 Å². The Morgan fingerprint density at radius 1 is 0.333 bits per heavy atom. The fraction of sp³-hybridized carbons (Fsp3) is 0.396. The van der Waals surface area contributed by atoms with Gasteiger partial charge in [-0.3, -0.25) is 39.6 Å². The van der Waals surface area contributed by atoms with Gasteiger partial charge in [0, 0.05) is 165 Å². The number of ether oxygens (including phenoxy) is 4. The van der Waals surface area contributed by atoms with Crippen LogP contribution >= 0.6 is 46.4 Å². The van der Waals surface area contributed by atoms with Crippen molar-refractivity contribution in [1.29, 1.82) is 0 Å². The molecule has 8 N–H and O–H groups in total. The lowest BCUT2D eigenvalue weighted by Crippen LogP contribution is -2.49. The lowest BCUT2D eigenvalue weighted by Gasteiger charge is -2.57. The van der Waals surface area contributed by atoms with E-state index in [2.05, 4.69) is 108 Å². The van der Waals surface area contributed by atoms with Crippen LogP contribution in [0.3, 0.4) is 0 Å². The molecule has 0 atom stereocenters. The molecule has 8 aromatic heterocycles. The van der Waals surface area contributed by atoms with E-state index in [1.165, 1.54) is 74.7 Å². The summed E-state index contributed by atoms with van der Waals surface area (Å²) < 4.78 is 88.0. The molecule has 5 aliphatic carbocycles. The average Bonchev–Trinajstić information content (AvgIpc) is 1.33. The summed E-state index contributed by atoms with van der Waals surface area (Å²) in [6.45, 7) is 5.63. The predicted octanol–water partition coefficient (Wildman–Crippen LogP) is 24.1. The first kappa shape index (κ1) is 91.5. The van der Waals surface area contributed by atoms with Crippen molar-refractivity contribution >= 4 is 158 Å². The van der Waals surface area contributed by atoms with E-state index in [9.17, 15) is 57.2 Å². The number of rotatable bonds is 19. The van der Waals surface area contributed by atoms with Crippen LogP contribution in [0.25, 0.3) is 110 Å². The van der Waals surface area contributed by atoms with Crippen LogP contribution in [0.5, 0.6) is 0 Å². The maximum Gasteiger partial charge on any atom is 0.306 e. The second kappa shape index (κ2) is 37.5. The van der Waals surface area contributed by atoms with Gasteiger partial charge in [-0.15, -0.1) is 0 Å². The molecule has 16 aromatic rings. The zero-order valence-corrected chi connectivity index (χ0v) is 78.5. The fourth-order valence-corrected chi connectivity index (χ4v) is 25.0. The number of nitrogens with zero attached hydrogens (tertiary/aromatic N) is 8. The molecule has 24 nitrogen and oxygen atoms in total. The molecule has 8 aromatic carbocycles. The number of carboxylic acid groups (broad SMARTS) is 4. The van der Waals surface area contributed by atoms with Gasteiger partial charge in [0.2, 0.25) is 0 Å². The molecular formula is C106H102Cl4F4N12O12. The van der Waals surface area contributed by atoms with Crippen molar-refractivity contribution in [3.63, 3.8) is 0 Å². The SMILES string of the molecule is O=C(O)C1CC(Cc2c(C3CCOCC3)n(-c3ccc(F)c(Cl)c3)c3cc4cn[nH]c4cc23)C1.O=C(O)C1CC(Cc2c(C3CCOCC3)n(-c3ccc(F)c(Cl)c3)c3cc4cn[nH]c4cc23)C1.O=C(O)C1CC(Cc2c(C3CCOCC3)n(-c3ccc(F)c(Cl)c3)c3cc4cn[nH]c4cc23)C1.O=C(O)C1CC2(C1)CC(c1c(C3CCOCC3)n(-c3ccc(F)c(Cl)c3)c3cc4cn[nH]c4cc13)C2. The number of hydrogen-bond donors (Lipinski definition) is 8. The lowest BCUT2D eigenvalue weighted by atomic mass is 9.47. The fourth-order valence-electron chi connectivity index (χ4n) is 24.3. The Labute approximate surface area is 808 Å². The minimum atomic E-state index is -0.705. The topological polar surface area (TPSA) is 321 Å². The van der Waals surface area contributed by atoms with E-state index >= 15 is 0 Å². The highest BCUT2D eigenvalue weighted by Gasteiger charge is 2.56. The summed E-state index contributed by atoms with van der Waals surface area (Å²) in [7, 11) is 0. The highest BCUT2D eigenvalue weighted by molar-refractivity contribution is 6.32. The first-order valence-electron chi connectivity index (χ1n) is 48.0. The van der Waals surface area contributed by atoms with Crippen molar-refractivity contribution in [2.24, 2.45) is 46.8 Å². The van der Waals surface area contributed by atoms with E-state index in [0.29, 0.717) is 108 Å². The standard InChI is InChI=1S/C28H27ClFN3O3.3C26H25ClFN3O3/c29-21-8-19(1-2-22(21)30)33-24-7-16-14-31-32-23(16)9-20(24)25(26(33)15-3-5-36-6-4-15)17-10-28(11-17)12-18(13-28)27(34)35;3*27-21-11-18(1-2-22(21)28)31-24-10-17-13-29-30-23(17)12-19(24)20(9-14-7-16(8-14)26(32)33)25(31)15-3-5-34-6-4-15/h1-2,7-9,14-15,17-18H,3-6,10-13H2,(H,31,32)(H,34,35);3*1-2,10-16H,3-9H2,(H,29,30)(H,32,33). The molecule has 9 fully saturated rings. The van der Waals surface area contributed by atoms with Gasteiger partial charge in [-0.05, 0) is 308 Å². The Morgan fingerprint density at radius 2 is 0.587 bits per heavy atom. The largest absolute Gasteiger partial charge is 0.481 e. The van der Waals surface area contributed by atoms with Gasteiger partial charge in [0.25, 0.3) is 0 Å². The molecular weight excluding hydrogens is 1850 g/mol. The second-order valence-electron chi connectivity index (χ2n) is 39.8. The maximum absolute atomic E-state index is 14.2. The minimum absolute atomic E-state index is 0.0894. The molecule has 4 aliphatic heterocycles. The summed E-state index contributed by atoms with van der Waals surface area (Å²) in [6, 6.07) is 36.7. The number of halogens is 8. The third-order valence-electron chi connectivity index (χ3n) is 31.4. The van der Waals surface area contributed by atoms with Gasteiger partial charge < -0.3 is 57.6 Å². The van der Waals surface area contributed by atoms with Crippen molar-refractivity contribution in [3.8, 4) is 22.7 Å². The average molecular weight is 1950 g/mol. The van der Waals surface area contributed by atoms with Crippen LogP contribution < -0.4 is 0 Å². The number of aromatic nitrogens is 12. The molecule has 9 aliphatic rings. The van der Waals surface area contributed by atoms with Crippen LogP contribution in [0.4, 0.5) is 17.6 Å². The highest BCUT2D eigenvalue weighted by Crippen LogP contribution is 2.66. The van der Waals surface area contributed by atoms with Crippen molar-refractivity contribution in [1.82, 2.24) is 59.1 Å². The van der Waals surface area contributed by atoms with Crippen molar-refractivity contribution in [2.45, 2.75) is 164 Å². The Hall–Kier alpha value is -11.6. The van der Waals surface area contributed by atoms with E-state index < -0.39 is 47.1 Å². The normalized spacial score (nSPS) is 22.6. The number of carboxylic acids is 4. The molecule has 0 radical (unpaired) electrons. The lowest BCUT2D eigenvalue weighted by molar-refractivity contribution is -0.155. The quantitative estimate of drug-likeness (QED) is 0.0349. The third kappa shape index (κ3) is 17.1. The van der Waals surface area contributed by atoms with Gasteiger partial charge >= 0.3 is 23.9 Å². The first-order chi connectivity index (χ1) is 66.9.